The van der Waals surface area contributed by atoms with Gasteiger partial charge in [0.05, 0.1) is 18.6 Å². The summed E-state index contributed by atoms with van der Waals surface area (Å²) in [5.41, 5.74) is 0.00780. The van der Waals surface area contributed by atoms with Crippen molar-refractivity contribution < 1.29 is 19.0 Å². The Hall–Kier alpha value is -1.33. The first kappa shape index (κ1) is 15.1. The summed E-state index contributed by atoms with van der Waals surface area (Å²) in [7, 11) is 1.47. The zero-order valence-electron chi connectivity index (χ0n) is 11.2. The summed E-state index contributed by atoms with van der Waals surface area (Å²) in [5.74, 6) is -0.856. The summed E-state index contributed by atoms with van der Waals surface area (Å²) >= 11 is 5.84. The summed E-state index contributed by atoms with van der Waals surface area (Å²) in [6, 6.07) is 2.75. The van der Waals surface area contributed by atoms with Crippen molar-refractivity contribution in [1.29, 1.82) is 0 Å². The van der Waals surface area contributed by atoms with Crippen molar-refractivity contribution in [3.8, 4) is 5.75 Å². The number of benzene rings is 1. The third-order valence-electron chi connectivity index (χ3n) is 3.77. The van der Waals surface area contributed by atoms with Gasteiger partial charge < -0.3 is 15.2 Å². The van der Waals surface area contributed by atoms with Crippen LogP contribution < -0.4 is 10.1 Å². The molecular weight excluding hydrogens is 285 g/mol. The lowest BCUT2D eigenvalue weighted by atomic mass is 9.74. The lowest BCUT2D eigenvalue weighted by molar-refractivity contribution is -0.139. The van der Waals surface area contributed by atoms with Crippen LogP contribution in [0, 0.1) is 5.82 Å². The quantitative estimate of drug-likeness (QED) is 0.848. The molecule has 0 heterocycles. The molecule has 0 unspecified atom stereocenters. The Kier molecular flexibility index (Phi) is 4.50. The van der Waals surface area contributed by atoms with Crippen LogP contribution in [-0.2, 0) is 11.3 Å². The maximum atomic E-state index is 13.8. The molecular formula is C14H17ClFNO3. The normalized spacial score (nSPS) is 16.6. The van der Waals surface area contributed by atoms with E-state index in [1.54, 1.807) is 0 Å². The molecule has 0 amide bonds. The van der Waals surface area contributed by atoms with E-state index in [9.17, 15) is 9.18 Å². The monoisotopic (exact) mass is 301 g/mol. The molecule has 20 heavy (non-hydrogen) atoms. The molecule has 0 radical (unpaired) electrons. The van der Waals surface area contributed by atoms with Crippen molar-refractivity contribution in [2.45, 2.75) is 37.8 Å². The smallest absolute Gasteiger partial charge is 0.305 e. The highest BCUT2D eigenvalue weighted by Gasteiger charge is 2.38. The van der Waals surface area contributed by atoms with Crippen LogP contribution in [0.5, 0.6) is 5.75 Å². The highest BCUT2D eigenvalue weighted by Crippen LogP contribution is 2.35. The standard InChI is InChI=1S/C14H17ClFNO3/c1-20-12-5-9(11(16)6-10(12)15)8-17-14(3-2-4-14)7-13(18)19/h5-6,17H,2-4,7-8H2,1H3,(H,18,19). The van der Waals surface area contributed by atoms with E-state index in [-0.39, 0.29) is 18.0 Å². The van der Waals surface area contributed by atoms with Crippen molar-refractivity contribution in [3.05, 3.63) is 28.5 Å². The highest BCUT2D eigenvalue weighted by atomic mass is 35.5. The summed E-state index contributed by atoms with van der Waals surface area (Å²) in [6.45, 7) is 0.257. The SMILES string of the molecule is COc1cc(CNC2(CC(=O)O)CCC2)c(F)cc1Cl. The van der Waals surface area contributed by atoms with E-state index in [0.717, 1.165) is 19.3 Å². The third-order valence-corrected chi connectivity index (χ3v) is 4.07. The van der Waals surface area contributed by atoms with E-state index in [1.807, 2.05) is 0 Å². The maximum Gasteiger partial charge on any atom is 0.305 e. The molecule has 2 N–H and O–H groups in total. The van der Waals surface area contributed by atoms with E-state index in [1.165, 1.54) is 19.2 Å². The molecule has 1 saturated carbocycles. The van der Waals surface area contributed by atoms with Gasteiger partial charge in [0.1, 0.15) is 11.6 Å². The number of carboxylic acid groups (broad SMARTS) is 1. The number of ether oxygens (including phenoxy) is 1. The fourth-order valence-electron chi connectivity index (χ4n) is 2.45. The zero-order chi connectivity index (χ0) is 14.8. The first-order chi connectivity index (χ1) is 9.46. The Bertz CT molecular complexity index is 517. The van der Waals surface area contributed by atoms with Gasteiger partial charge in [-0.25, -0.2) is 4.39 Å². The molecule has 0 aliphatic heterocycles. The minimum Gasteiger partial charge on any atom is -0.495 e. The van der Waals surface area contributed by atoms with E-state index in [2.05, 4.69) is 5.32 Å². The van der Waals surface area contributed by atoms with Gasteiger partial charge >= 0.3 is 5.97 Å². The number of rotatable bonds is 6. The van der Waals surface area contributed by atoms with Gasteiger partial charge in [-0.1, -0.05) is 11.6 Å². The van der Waals surface area contributed by atoms with Crippen LogP contribution in [0.1, 0.15) is 31.2 Å². The van der Waals surface area contributed by atoms with E-state index in [0.29, 0.717) is 11.3 Å². The second-order valence-corrected chi connectivity index (χ2v) is 5.54. The molecule has 0 saturated heterocycles. The number of hydrogen-bond acceptors (Lipinski definition) is 3. The van der Waals surface area contributed by atoms with Gasteiger partial charge in [0.25, 0.3) is 0 Å². The molecule has 1 aliphatic rings. The van der Waals surface area contributed by atoms with Gasteiger partial charge in [-0.3, -0.25) is 4.79 Å². The molecule has 1 fully saturated rings. The van der Waals surface area contributed by atoms with Gasteiger partial charge in [-0.05, 0) is 31.4 Å². The molecule has 4 nitrogen and oxygen atoms in total. The molecule has 0 bridgehead atoms. The van der Waals surface area contributed by atoms with Crippen molar-refractivity contribution >= 4 is 17.6 Å². The van der Waals surface area contributed by atoms with Crippen molar-refractivity contribution in [1.82, 2.24) is 5.32 Å². The Morgan fingerprint density at radius 1 is 1.55 bits per heavy atom. The molecule has 110 valence electrons. The topological polar surface area (TPSA) is 58.6 Å². The second-order valence-electron chi connectivity index (χ2n) is 5.14. The second kappa shape index (κ2) is 5.97. The Labute approximate surface area is 121 Å². The number of aliphatic carboxylic acids is 1. The Balaban J connectivity index is 2.08. The molecule has 0 aromatic heterocycles. The average Bonchev–Trinajstić information content (AvgIpc) is 2.33. The van der Waals surface area contributed by atoms with Crippen LogP contribution in [0.2, 0.25) is 5.02 Å². The lowest BCUT2D eigenvalue weighted by Crippen LogP contribution is -2.51. The number of nitrogens with one attached hydrogen (secondary N) is 1. The van der Waals surface area contributed by atoms with E-state index >= 15 is 0 Å². The summed E-state index contributed by atoms with van der Waals surface area (Å²) in [5, 5.41) is 12.3. The first-order valence-electron chi connectivity index (χ1n) is 6.44. The maximum absolute atomic E-state index is 13.8. The summed E-state index contributed by atoms with van der Waals surface area (Å²) in [4.78, 5) is 10.9. The molecule has 6 heteroatoms. The fraction of sp³-hybridized carbons (Fsp3) is 0.500. The number of carboxylic acids is 1. The Morgan fingerprint density at radius 3 is 2.75 bits per heavy atom. The van der Waals surface area contributed by atoms with Crippen molar-refractivity contribution in [2.75, 3.05) is 7.11 Å². The summed E-state index contributed by atoms with van der Waals surface area (Å²) < 4.78 is 18.9. The van der Waals surface area contributed by atoms with Gasteiger partial charge in [-0.2, -0.15) is 0 Å². The van der Waals surface area contributed by atoms with Crippen LogP contribution in [0.15, 0.2) is 12.1 Å². The van der Waals surface area contributed by atoms with Crippen LogP contribution >= 0.6 is 11.6 Å². The van der Waals surface area contributed by atoms with Crippen LogP contribution in [0.4, 0.5) is 4.39 Å². The number of halogens is 2. The molecule has 2 rings (SSSR count). The predicted molar refractivity (Wildman–Crippen MR) is 73.6 cm³/mol. The summed E-state index contributed by atoms with van der Waals surface area (Å²) in [6.07, 6.45) is 2.64. The molecule has 1 aromatic rings. The first-order valence-corrected chi connectivity index (χ1v) is 6.82. The molecule has 0 atom stereocenters. The van der Waals surface area contributed by atoms with Gasteiger partial charge in [0.2, 0.25) is 0 Å². The van der Waals surface area contributed by atoms with Crippen LogP contribution in [0.25, 0.3) is 0 Å². The number of hydrogen-bond donors (Lipinski definition) is 2. The predicted octanol–water partition coefficient (Wildman–Crippen LogP) is 2.97. The molecule has 1 aliphatic carbocycles. The largest absolute Gasteiger partial charge is 0.495 e. The number of methoxy groups -OCH3 is 1. The van der Waals surface area contributed by atoms with Gasteiger partial charge in [0.15, 0.2) is 0 Å². The fourth-order valence-corrected chi connectivity index (χ4v) is 2.68. The third kappa shape index (κ3) is 3.22. The molecule has 0 spiro atoms. The van der Waals surface area contributed by atoms with Gasteiger partial charge in [-0.15, -0.1) is 0 Å². The van der Waals surface area contributed by atoms with E-state index < -0.39 is 17.3 Å². The van der Waals surface area contributed by atoms with E-state index in [4.69, 9.17) is 21.4 Å². The van der Waals surface area contributed by atoms with Crippen molar-refractivity contribution in [2.24, 2.45) is 0 Å². The van der Waals surface area contributed by atoms with Crippen LogP contribution in [-0.4, -0.2) is 23.7 Å². The molecule has 1 aromatic carbocycles. The average molecular weight is 302 g/mol. The number of carbonyl (C=O) groups is 1. The lowest BCUT2D eigenvalue weighted by Gasteiger charge is -2.42. The minimum atomic E-state index is -0.841. The van der Waals surface area contributed by atoms with Crippen molar-refractivity contribution in [3.63, 3.8) is 0 Å². The minimum absolute atomic E-state index is 0.0549. The Morgan fingerprint density at radius 2 is 2.25 bits per heavy atom. The zero-order valence-corrected chi connectivity index (χ0v) is 12.0. The van der Waals surface area contributed by atoms with Crippen LogP contribution in [0.3, 0.4) is 0 Å². The highest BCUT2D eigenvalue weighted by molar-refractivity contribution is 6.32. The van der Waals surface area contributed by atoms with Gasteiger partial charge in [0, 0.05) is 17.6 Å².